The van der Waals surface area contributed by atoms with Crippen molar-refractivity contribution in [1.29, 1.82) is 0 Å². The van der Waals surface area contributed by atoms with E-state index >= 15 is 0 Å². The summed E-state index contributed by atoms with van der Waals surface area (Å²) in [6, 6.07) is 15.3. The van der Waals surface area contributed by atoms with E-state index in [-0.39, 0.29) is 30.3 Å². The molecular formula is C35H37N3O9S2. The minimum Gasteiger partial charge on any atom is -0.493 e. The Balaban J connectivity index is 1.35. The fraction of sp³-hybridized carbons (Fsp3) is 0.314. The molecule has 0 atom stereocenters. The number of anilines is 1. The van der Waals surface area contributed by atoms with Crippen LogP contribution in [0.15, 0.2) is 59.5 Å². The van der Waals surface area contributed by atoms with Gasteiger partial charge in [-0.25, -0.2) is 4.79 Å². The first-order valence-corrected chi connectivity index (χ1v) is 16.7. The van der Waals surface area contributed by atoms with Crippen LogP contribution >= 0.6 is 24.0 Å². The number of amides is 2. The van der Waals surface area contributed by atoms with Gasteiger partial charge in [0, 0.05) is 43.9 Å². The maximum Gasteiger partial charge on any atom is 0.335 e. The summed E-state index contributed by atoms with van der Waals surface area (Å²) >= 11 is 6.70. The zero-order valence-electron chi connectivity index (χ0n) is 27.4. The average Bonchev–Trinajstić information content (AvgIpc) is 3.38. The summed E-state index contributed by atoms with van der Waals surface area (Å²) in [7, 11) is 4.66. The van der Waals surface area contributed by atoms with Gasteiger partial charge in [0.25, 0.3) is 5.91 Å². The van der Waals surface area contributed by atoms with Gasteiger partial charge in [0.05, 0.1) is 45.0 Å². The molecule has 0 spiro atoms. The van der Waals surface area contributed by atoms with E-state index in [0.29, 0.717) is 63.3 Å². The number of carbonyl (C=O) groups is 3. The molecular weight excluding hydrogens is 671 g/mol. The third-order valence-electron chi connectivity index (χ3n) is 7.91. The molecule has 0 aliphatic carbocycles. The number of ether oxygens (including phenoxy) is 5. The Labute approximate surface area is 293 Å². The summed E-state index contributed by atoms with van der Waals surface area (Å²) in [6.45, 7) is 4.32. The molecule has 0 bridgehead atoms. The Morgan fingerprint density at radius 1 is 0.939 bits per heavy atom. The topological polar surface area (TPSA) is 136 Å². The first-order chi connectivity index (χ1) is 23.7. The molecule has 0 aromatic heterocycles. The maximum absolute atomic E-state index is 13.6. The molecule has 0 unspecified atom stereocenters. The number of thioether (sulfide) groups is 1. The first-order valence-electron chi connectivity index (χ1n) is 15.5. The van der Waals surface area contributed by atoms with Crippen LogP contribution in [0.2, 0.25) is 0 Å². The number of rotatable bonds is 14. The lowest BCUT2D eigenvalue weighted by Gasteiger charge is -2.26. The number of benzene rings is 3. The van der Waals surface area contributed by atoms with E-state index in [9.17, 15) is 14.4 Å². The van der Waals surface area contributed by atoms with Crippen LogP contribution < -0.4 is 24.3 Å². The Morgan fingerprint density at radius 3 is 2.27 bits per heavy atom. The van der Waals surface area contributed by atoms with Crippen LogP contribution in [0.4, 0.5) is 5.69 Å². The monoisotopic (exact) mass is 707 g/mol. The highest BCUT2D eigenvalue weighted by molar-refractivity contribution is 8.26. The average molecular weight is 708 g/mol. The molecule has 2 N–H and O–H groups in total. The van der Waals surface area contributed by atoms with Gasteiger partial charge in [-0.05, 0) is 65.7 Å². The fourth-order valence-electron chi connectivity index (χ4n) is 5.30. The lowest BCUT2D eigenvalue weighted by Crippen LogP contribution is -2.38. The smallest absolute Gasteiger partial charge is 0.335 e. The Hall–Kier alpha value is -4.63. The van der Waals surface area contributed by atoms with Gasteiger partial charge in [0.1, 0.15) is 16.7 Å². The number of nitrogens with zero attached hydrogens (tertiary/aromatic N) is 2. The van der Waals surface area contributed by atoms with Crippen LogP contribution in [-0.4, -0.2) is 104 Å². The summed E-state index contributed by atoms with van der Waals surface area (Å²) in [5.41, 5.74) is 2.88. The molecule has 2 amide bonds. The molecule has 2 saturated heterocycles. The SMILES string of the molecule is COc1cc(-c2ccc(OCCN3CCOCC3)c(/C=C3\SC(=S)N(CCC(=O)Nc4ccc(C(=O)O)cc4)C3=O)c2)cc(OC)c1OC. The van der Waals surface area contributed by atoms with Gasteiger partial charge in [-0.2, -0.15) is 0 Å². The van der Waals surface area contributed by atoms with Crippen molar-refractivity contribution in [2.24, 2.45) is 0 Å². The Morgan fingerprint density at radius 2 is 1.63 bits per heavy atom. The highest BCUT2D eigenvalue weighted by Crippen LogP contribution is 2.42. The summed E-state index contributed by atoms with van der Waals surface area (Å²) in [4.78, 5) is 41.4. The van der Waals surface area contributed by atoms with Crippen molar-refractivity contribution in [2.75, 3.05) is 72.6 Å². The van der Waals surface area contributed by atoms with Gasteiger partial charge < -0.3 is 34.1 Å². The lowest BCUT2D eigenvalue weighted by atomic mass is 10.0. The maximum atomic E-state index is 13.6. The number of nitrogens with one attached hydrogen (secondary N) is 1. The minimum atomic E-state index is -1.06. The predicted octanol–water partition coefficient (Wildman–Crippen LogP) is 5.02. The van der Waals surface area contributed by atoms with E-state index in [1.54, 1.807) is 27.4 Å². The van der Waals surface area contributed by atoms with Crippen LogP contribution in [0, 0.1) is 0 Å². The molecule has 2 fully saturated rings. The number of carboxylic acid groups (broad SMARTS) is 1. The van der Waals surface area contributed by atoms with Crippen LogP contribution in [0.1, 0.15) is 22.3 Å². The molecule has 3 aromatic carbocycles. The van der Waals surface area contributed by atoms with E-state index < -0.39 is 5.97 Å². The van der Waals surface area contributed by atoms with Crippen molar-refractivity contribution in [2.45, 2.75) is 6.42 Å². The number of hydrogen-bond acceptors (Lipinski definition) is 11. The number of carboxylic acids is 1. The normalized spacial score (nSPS) is 15.7. The largest absolute Gasteiger partial charge is 0.493 e. The molecule has 0 radical (unpaired) electrons. The van der Waals surface area contributed by atoms with E-state index in [4.69, 9.17) is 41.0 Å². The minimum absolute atomic E-state index is 0.00702. The molecule has 3 aromatic rings. The predicted molar refractivity (Wildman–Crippen MR) is 191 cm³/mol. The molecule has 258 valence electrons. The number of methoxy groups -OCH3 is 3. The van der Waals surface area contributed by atoms with Crippen molar-refractivity contribution >= 4 is 57.8 Å². The molecule has 49 heavy (non-hydrogen) atoms. The summed E-state index contributed by atoms with van der Waals surface area (Å²) in [5.74, 6) is 0.382. The van der Waals surface area contributed by atoms with Crippen LogP contribution in [0.3, 0.4) is 0 Å². The quantitative estimate of drug-likeness (QED) is 0.172. The van der Waals surface area contributed by atoms with Crippen LogP contribution in [-0.2, 0) is 14.3 Å². The molecule has 12 nitrogen and oxygen atoms in total. The number of carbonyl (C=O) groups excluding carboxylic acids is 2. The van der Waals surface area contributed by atoms with Gasteiger partial charge in [-0.15, -0.1) is 0 Å². The van der Waals surface area contributed by atoms with Gasteiger partial charge in [0.15, 0.2) is 11.5 Å². The third-order valence-corrected chi connectivity index (χ3v) is 9.29. The number of morpholine rings is 1. The van der Waals surface area contributed by atoms with Crippen LogP contribution in [0.5, 0.6) is 23.0 Å². The van der Waals surface area contributed by atoms with Gasteiger partial charge in [-0.1, -0.05) is 30.0 Å². The second kappa shape index (κ2) is 16.7. The lowest BCUT2D eigenvalue weighted by molar-refractivity contribution is -0.122. The molecule has 2 aliphatic heterocycles. The fourth-order valence-corrected chi connectivity index (χ4v) is 6.60. The van der Waals surface area contributed by atoms with E-state index in [1.807, 2.05) is 30.3 Å². The molecule has 5 rings (SSSR count). The number of aromatic carboxylic acids is 1. The summed E-state index contributed by atoms with van der Waals surface area (Å²) < 4.78 is 28.7. The third kappa shape index (κ3) is 8.89. The van der Waals surface area contributed by atoms with Gasteiger partial charge in [0.2, 0.25) is 11.7 Å². The highest BCUT2D eigenvalue weighted by Gasteiger charge is 2.32. The van der Waals surface area contributed by atoms with Crippen molar-refractivity contribution in [1.82, 2.24) is 9.80 Å². The summed E-state index contributed by atoms with van der Waals surface area (Å²) in [5, 5.41) is 11.8. The first kappa shape index (κ1) is 35.7. The van der Waals surface area contributed by atoms with E-state index in [0.717, 1.165) is 42.5 Å². The van der Waals surface area contributed by atoms with Gasteiger partial charge in [-0.3, -0.25) is 19.4 Å². The molecule has 0 saturated carbocycles. The standard InChI is InChI=1S/C35H37N3O9S2/c1-43-28-19-24(20-29(44-2)32(28)45-3)23-6-9-27(47-17-14-37-12-15-46-16-13-37)25(18-23)21-30-33(40)38(35(48)49-30)11-10-31(39)36-26-7-4-22(5-8-26)34(41)42/h4-9,18-21H,10-17H2,1-3H3,(H,36,39)(H,41,42)/b30-21-. The molecule has 2 heterocycles. The zero-order valence-corrected chi connectivity index (χ0v) is 29.0. The van der Waals surface area contributed by atoms with Crippen molar-refractivity contribution in [3.63, 3.8) is 0 Å². The second-order valence-electron chi connectivity index (χ2n) is 11.0. The van der Waals surface area contributed by atoms with Crippen LogP contribution in [0.25, 0.3) is 17.2 Å². The molecule has 14 heteroatoms. The number of hydrogen-bond donors (Lipinski definition) is 2. The Bertz CT molecular complexity index is 1720. The van der Waals surface area contributed by atoms with E-state index in [1.165, 1.54) is 29.2 Å². The second-order valence-corrected chi connectivity index (χ2v) is 12.7. The zero-order chi connectivity index (χ0) is 34.9. The van der Waals surface area contributed by atoms with Crippen molar-refractivity contribution in [3.05, 3.63) is 70.6 Å². The summed E-state index contributed by atoms with van der Waals surface area (Å²) in [6.07, 6.45) is 1.75. The molecule has 2 aliphatic rings. The van der Waals surface area contributed by atoms with Gasteiger partial charge >= 0.3 is 5.97 Å². The highest BCUT2D eigenvalue weighted by atomic mass is 32.2. The van der Waals surface area contributed by atoms with E-state index in [2.05, 4.69) is 10.2 Å². The van der Waals surface area contributed by atoms with Crippen molar-refractivity contribution < 1.29 is 43.2 Å². The number of thiocarbonyl (C=S) groups is 1. The Kier molecular flexibility index (Phi) is 12.1. The van der Waals surface area contributed by atoms with Crippen molar-refractivity contribution in [3.8, 4) is 34.1 Å².